The fraction of sp³-hybridized carbons (Fsp3) is 0.500. The summed E-state index contributed by atoms with van der Waals surface area (Å²) in [6.45, 7) is 4.36. The largest absolute Gasteiger partial charge is 0.371 e. The van der Waals surface area contributed by atoms with Gasteiger partial charge >= 0.3 is 0 Å². The molecule has 0 atom stereocenters. The number of rotatable bonds is 4. The Labute approximate surface area is 129 Å². The summed E-state index contributed by atoms with van der Waals surface area (Å²) in [7, 11) is 2.09. The van der Waals surface area contributed by atoms with Crippen LogP contribution in [-0.2, 0) is 6.54 Å². The first-order valence-corrected chi connectivity index (χ1v) is 7.62. The van der Waals surface area contributed by atoms with E-state index in [1.807, 2.05) is 13.0 Å². The molecule has 1 saturated heterocycles. The molecule has 5 nitrogen and oxygen atoms in total. The van der Waals surface area contributed by atoms with Crippen LogP contribution < -0.4 is 4.90 Å². The lowest BCUT2D eigenvalue weighted by atomic mass is 10.0. The molecule has 1 aromatic carbocycles. The first-order chi connectivity index (χ1) is 10.6. The number of benzene rings is 1. The maximum atomic E-state index is 13.3. The molecule has 22 heavy (non-hydrogen) atoms. The van der Waals surface area contributed by atoms with Gasteiger partial charge in [0.05, 0.1) is 6.54 Å². The van der Waals surface area contributed by atoms with E-state index in [0.717, 1.165) is 31.6 Å². The van der Waals surface area contributed by atoms with Crippen molar-refractivity contribution in [3.05, 3.63) is 41.8 Å². The van der Waals surface area contributed by atoms with Crippen molar-refractivity contribution in [2.24, 2.45) is 0 Å². The molecule has 0 aliphatic carbocycles. The standard InChI is InChI=1S/C16H21FN4O/c1-12-18-16(22-19-12)11-20(2)14-6-8-21(9-7-14)15-5-3-4-13(17)10-15/h3-5,10,14H,6-9,11H2,1-2H3. The molecule has 0 unspecified atom stereocenters. The first-order valence-electron chi connectivity index (χ1n) is 7.62. The van der Waals surface area contributed by atoms with E-state index in [1.165, 1.54) is 6.07 Å². The van der Waals surface area contributed by atoms with Crippen LogP contribution in [0.15, 0.2) is 28.8 Å². The van der Waals surface area contributed by atoms with Crippen molar-refractivity contribution in [3.8, 4) is 0 Å². The highest BCUT2D eigenvalue weighted by molar-refractivity contribution is 5.46. The lowest BCUT2D eigenvalue weighted by Crippen LogP contribution is -2.43. The van der Waals surface area contributed by atoms with Gasteiger partial charge in [0.1, 0.15) is 5.82 Å². The lowest BCUT2D eigenvalue weighted by molar-refractivity contribution is 0.177. The Kier molecular flexibility index (Phi) is 4.38. The summed E-state index contributed by atoms with van der Waals surface area (Å²) in [5.41, 5.74) is 0.966. The smallest absolute Gasteiger partial charge is 0.240 e. The molecule has 6 heteroatoms. The molecular weight excluding hydrogens is 283 g/mol. The van der Waals surface area contributed by atoms with Crippen LogP contribution in [0, 0.1) is 12.7 Å². The molecule has 3 rings (SSSR count). The van der Waals surface area contributed by atoms with E-state index < -0.39 is 0 Å². The molecule has 0 spiro atoms. The number of piperidine rings is 1. The average molecular weight is 304 g/mol. The minimum Gasteiger partial charge on any atom is -0.371 e. The molecule has 1 aliphatic heterocycles. The van der Waals surface area contributed by atoms with Crippen molar-refractivity contribution in [1.82, 2.24) is 15.0 Å². The summed E-state index contributed by atoms with van der Waals surface area (Å²) >= 11 is 0. The van der Waals surface area contributed by atoms with Gasteiger partial charge in [-0.1, -0.05) is 11.2 Å². The zero-order valence-corrected chi connectivity index (χ0v) is 13.0. The van der Waals surface area contributed by atoms with Gasteiger partial charge in [-0.15, -0.1) is 0 Å². The van der Waals surface area contributed by atoms with Gasteiger partial charge < -0.3 is 9.42 Å². The second-order valence-corrected chi connectivity index (χ2v) is 5.85. The summed E-state index contributed by atoms with van der Waals surface area (Å²) < 4.78 is 18.5. The van der Waals surface area contributed by atoms with E-state index in [9.17, 15) is 4.39 Å². The number of halogens is 1. The summed E-state index contributed by atoms with van der Waals surface area (Å²) in [5.74, 6) is 1.15. The number of nitrogens with zero attached hydrogens (tertiary/aromatic N) is 4. The third-order valence-corrected chi connectivity index (χ3v) is 4.22. The Balaban J connectivity index is 1.55. The van der Waals surface area contributed by atoms with Gasteiger partial charge in [-0.25, -0.2) is 4.39 Å². The minimum atomic E-state index is -0.177. The summed E-state index contributed by atoms with van der Waals surface area (Å²) in [6, 6.07) is 7.30. The van der Waals surface area contributed by atoms with Crippen molar-refractivity contribution in [3.63, 3.8) is 0 Å². The monoisotopic (exact) mass is 304 g/mol. The van der Waals surface area contributed by atoms with Crippen molar-refractivity contribution >= 4 is 5.69 Å². The molecule has 1 aliphatic rings. The number of aryl methyl sites for hydroxylation is 1. The zero-order chi connectivity index (χ0) is 15.5. The normalized spacial score (nSPS) is 16.5. The first kappa shape index (κ1) is 15.0. The third kappa shape index (κ3) is 3.44. The van der Waals surface area contributed by atoms with Gasteiger partial charge in [0.25, 0.3) is 0 Å². The van der Waals surface area contributed by atoms with Crippen molar-refractivity contribution in [2.75, 3.05) is 25.0 Å². The van der Waals surface area contributed by atoms with Crippen LogP contribution in [0.25, 0.3) is 0 Å². The predicted molar refractivity (Wildman–Crippen MR) is 82.1 cm³/mol. The van der Waals surface area contributed by atoms with Crippen molar-refractivity contribution < 1.29 is 8.91 Å². The molecule has 2 heterocycles. The fourth-order valence-electron chi connectivity index (χ4n) is 2.98. The van der Waals surface area contributed by atoms with E-state index in [2.05, 4.69) is 27.0 Å². The topological polar surface area (TPSA) is 45.4 Å². The Morgan fingerprint density at radius 1 is 1.36 bits per heavy atom. The Hall–Kier alpha value is -1.95. The molecule has 0 bridgehead atoms. The van der Waals surface area contributed by atoms with Crippen LogP contribution in [0.5, 0.6) is 0 Å². The maximum absolute atomic E-state index is 13.3. The highest BCUT2D eigenvalue weighted by Gasteiger charge is 2.23. The van der Waals surface area contributed by atoms with E-state index in [4.69, 9.17) is 4.52 Å². The molecule has 0 saturated carbocycles. The highest BCUT2D eigenvalue weighted by Crippen LogP contribution is 2.23. The highest BCUT2D eigenvalue weighted by atomic mass is 19.1. The van der Waals surface area contributed by atoms with E-state index in [0.29, 0.717) is 24.3 Å². The Morgan fingerprint density at radius 3 is 2.77 bits per heavy atom. The minimum absolute atomic E-state index is 0.177. The number of anilines is 1. The van der Waals surface area contributed by atoms with E-state index >= 15 is 0 Å². The van der Waals surface area contributed by atoms with Gasteiger partial charge in [-0.2, -0.15) is 4.98 Å². The van der Waals surface area contributed by atoms with Gasteiger partial charge in [-0.3, -0.25) is 4.90 Å². The summed E-state index contributed by atoms with van der Waals surface area (Å²) in [5, 5.41) is 3.82. The Bertz CT molecular complexity index is 622. The molecule has 1 fully saturated rings. The van der Waals surface area contributed by atoms with E-state index in [-0.39, 0.29) is 5.82 Å². The molecule has 1 aromatic heterocycles. The van der Waals surface area contributed by atoms with Gasteiger partial charge in [0.2, 0.25) is 5.89 Å². The van der Waals surface area contributed by atoms with Gasteiger partial charge in [0, 0.05) is 24.8 Å². The van der Waals surface area contributed by atoms with Crippen molar-refractivity contribution in [1.29, 1.82) is 0 Å². The Morgan fingerprint density at radius 2 is 2.14 bits per heavy atom. The molecule has 2 aromatic rings. The van der Waals surface area contributed by atoms with E-state index in [1.54, 1.807) is 12.1 Å². The zero-order valence-electron chi connectivity index (χ0n) is 13.0. The average Bonchev–Trinajstić information content (AvgIpc) is 2.92. The van der Waals surface area contributed by atoms with Crippen LogP contribution in [-0.4, -0.2) is 41.2 Å². The number of aromatic nitrogens is 2. The van der Waals surface area contributed by atoms with Crippen molar-refractivity contribution in [2.45, 2.75) is 32.4 Å². The van der Waals surface area contributed by atoms with Crippen LogP contribution in [0.3, 0.4) is 0 Å². The molecule has 0 amide bonds. The maximum Gasteiger partial charge on any atom is 0.240 e. The van der Waals surface area contributed by atoms with Crippen LogP contribution in [0.4, 0.5) is 10.1 Å². The number of hydrogen-bond donors (Lipinski definition) is 0. The third-order valence-electron chi connectivity index (χ3n) is 4.22. The van der Waals surface area contributed by atoms with Crippen LogP contribution >= 0.6 is 0 Å². The molecular formula is C16H21FN4O. The SMILES string of the molecule is Cc1noc(CN(C)C2CCN(c3cccc(F)c3)CC2)n1. The second-order valence-electron chi connectivity index (χ2n) is 5.85. The predicted octanol–water partition coefficient (Wildman–Crippen LogP) is 2.62. The molecule has 0 N–H and O–H groups in total. The quantitative estimate of drug-likeness (QED) is 0.869. The molecule has 0 radical (unpaired) electrons. The van der Waals surface area contributed by atoms with Crippen LogP contribution in [0.2, 0.25) is 0 Å². The fourth-order valence-corrected chi connectivity index (χ4v) is 2.98. The van der Waals surface area contributed by atoms with Gasteiger partial charge in [0.15, 0.2) is 5.82 Å². The van der Waals surface area contributed by atoms with Gasteiger partial charge in [-0.05, 0) is 45.0 Å². The molecule has 118 valence electrons. The van der Waals surface area contributed by atoms with Crippen LogP contribution in [0.1, 0.15) is 24.6 Å². The second kappa shape index (κ2) is 6.44. The summed E-state index contributed by atoms with van der Waals surface area (Å²) in [4.78, 5) is 8.75. The number of hydrogen-bond acceptors (Lipinski definition) is 5. The lowest BCUT2D eigenvalue weighted by Gasteiger charge is -2.37. The summed E-state index contributed by atoms with van der Waals surface area (Å²) in [6.07, 6.45) is 2.08.